The summed E-state index contributed by atoms with van der Waals surface area (Å²) in [6.07, 6.45) is 1.55. The van der Waals surface area contributed by atoms with E-state index < -0.39 is 0 Å². The van der Waals surface area contributed by atoms with Crippen molar-refractivity contribution in [1.82, 2.24) is 5.32 Å². The third kappa shape index (κ3) is 2.26. The molecule has 102 valence electrons. The van der Waals surface area contributed by atoms with Gasteiger partial charge in [-0.25, -0.2) is 0 Å². The SMILES string of the molecule is CC1NCCOC1c1ccc2c(c1)CCC(=O)N2C. The number of carbonyl (C=O) groups is 1. The van der Waals surface area contributed by atoms with E-state index >= 15 is 0 Å². The highest BCUT2D eigenvalue weighted by atomic mass is 16.5. The van der Waals surface area contributed by atoms with E-state index in [0.717, 1.165) is 25.3 Å². The molecule has 2 aliphatic heterocycles. The van der Waals surface area contributed by atoms with Crippen LogP contribution in [0.25, 0.3) is 0 Å². The largest absolute Gasteiger partial charge is 0.371 e. The molecule has 4 nitrogen and oxygen atoms in total. The van der Waals surface area contributed by atoms with Crippen molar-refractivity contribution in [2.24, 2.45) is 0 Å². The lowest BCUT2D eigenvalue weighted by atomic mass is 9.94. The molecular weight excluding hydrogens is 240 g/mol. The van der Waals surface area contributed by atoms with E-state index in [-0.39, 0.29) is 12.0 Å². The third-order valence-electron chi connectivity index (χ3n) is 4.10. The molecule has 0 spiro atoms. The van der Waals surface area contributed by atoms with E-state index in [0.29, 0.717) is 12.5 Å². The first-order valence-electron chi connectivity index (χ1n) is 6.91. The van der Waals surface area contributed by atoms with E-state index in [2.05, 4.69) is 24.4 Å². The van der Waals surface area contributed by atoms with Crippen LogP contribution >= 0.6 is 0 Å². The quantitative estimate of drug-likeness (QED) is 0.834. The zero-order valence-electron chi connectivity index (χ0n) is 11.5. The van der Waals surface area contributed by atoms with Gasteiger partial charge >= 0.3 is 0 Å². The number of hydrogen-bond acceptors (Lipinski definition) is 3. The number of nitrogens with one attached hydrogen (secondary N) is 1. The van der Waals surface area contributed by atoms with Crippen molar-refractivity contribution in [3.8, 4) is 0 Å². The number of ether oxygens (including phenoxy) is 1. The Labute approximate surface area is 113 Å². The minimum absolute atomic E-state index is 0.113. The minimum atomic E-state index is 0.113. The number of anilines is 1. The lowest BCUT2D eigenvalue weighted by Crippen LogP contribution is -2.41. The Morgan fingerprint density at radius 3 is 3.00 bits per heavy atom. The van der Waals surface area contributed by atoms with Crippen LogP contribution in [0.5, 0.6) is 0 Å². The summed E-state index contributed by atoms with van der Waals surface area (Å²) < 4.78 is 5.87. The molecule has 2 aliphatic rings. The van der Waals surface area contributed by atoms with Crippen LogP contribution < -0.4 is 10.2 Å². The first-order valence-corrected chi connectivity index (χ1v) is 6.91. The zero-order chi connectivity index (χ0) is 13.4. The van der Waals surface area contributed by atoms with Crippen molar-refractivity contribution in [2.75, 3.05) is 25.1 Å². The van der Waals surface area contributed by atoms with Gasteiger partial charge in [-0.15, -0.1) is 0 Å². The van der Waals surface area contributed by atoms with Gasteiger partial charge in [0.1, 0.15) is 0 Å². The van der Waals surface area contributed by atoms with Crippen LogP contribution in [0.15, 0.2) is 18.2 Å². The van der Waals surface area contributed by atoms with Gasteiger partial charge in [-0.2, -0.15) is 0 Å². The van der Waals surface area contributed by atoms with E-state index in [9.17, 15) is 4.79 Å². The van der Waals surface area contributed by atoms with Gasteiger partial charge in [0.05, 0.1) is 12.7 Å². The summed E-state index contributed by atoms with van der Waals surface area (Å²) >= 11 is 0. The molecule has 2 atom stereocenters. The summed E-state index contributed by atoms with van der Waals surface area (Å²) in [6, 6.07) is 6.66. The van der Waals surface area contributed by atoms with Crippen LogP contribution in [0, 0.1) is 0 Å². The van der Waals surface area contributed by atoms with Crippen molar-refractivity contribution in [3.63, 3.8) is 0 Å². The van der Waals surface area contributed by atoms with E-state index in [4.69, 9.17) is 4.74 Å². The second kappa shape index (κ2) is 4.94. The molecule has 2 heterocycles. The molecule has 1 saturated heterocycles. The summed E-state index contributed by atoms with van der Waals surface area (Å²) in [5, 5.41) is 3.44. The molecule has 4 heteroatoms. The Bertz CT molecular complexity index is 501. The van der Waals surface area contributed by atoms with E-state index in [1.165, 1.54) is 11.1 Å². The zero-order valence-corrected chi connectivity index (χ0v) is 11.5. The van der Waals surface area contributed by atoms with E-state index in [1.807, 2.05) is 13.1 Å². The highest BCUT2D eigenvalue weighted by Gasteiger charge is 2.26. The molecule has 0 saturated carbocycles. The van der Waals surface area contributed by atoms with Crippen molar-refractivity contribution in [2.45, 2.75) is 31.9 Å². The lowest BCUT2D eigenvalue weighted by Gasteiger charge is -2.32. The van der Waals surface area contributed by atoms with Gasteiger partial charge in [-0.05, 0) is 30.5 Å². The first-order chi connectivity index (χ1) is 9.16. The molecular formula is C15H20N2O2. The molecule has 1 aromatic carbocycles. The van der Waals surface area contributed by atoms with Gasteiger partial charge in [0, 0.05) is 31.7 Å². The van der Waals surface area contributed by atoms with Crippen LogP contribution in [-0.4, -0.2) is 32.1 Å². The molecule has 0 bridgehead atoms. The number of amides is 1. The number of rotatable bonds is 1. The fourth-order valence-corrected chi connectivity index (χ4v) is 2.96. The number of morpholine rings is 1. The van der Waals surface area contributed by atoms with Crippen LogP contribution in [0.3, 0.4) is 0 Å². The topological polar surface area (TPSA) is 41.6 Å². The summed E-state index contributed by atoms with van der Waals surface area (Å²) in [4.78, 5) is 13.4. The molecule has 1 fully saturated rings. The summed E-state index contributed by atoms with van der Waals surface area (Å²) in [5.74, 6) is 0.198. The minimum Gasteiger partial charge on any atom is -0.371 e. The fraction of sp³-hybridized carbons (Fsp3) is 0.533. The van der Waals surface area contributed by atoms with Crippen molar-refractivity contribution < 1.29 is 9.53 Å². The van der Waals surface area contributed by atoms with Gasteiger partial charge in [-0.1, -0.05) is 12.1 Å². The van der Waals surface area contributed by atoms with Gasteiger partial charge in [0.2, 0.25) is 5.91 Å². The van der Waals surface area contributed by atoms with Crippen LogP contribution in [0.4, 0.5) is 5.69 Å². The molecule has 2 unspecified atom stereocenters. The third-order valence-corrected chi connectivity index (χ3v) is 4.10. The molecule has 0 aliphatic carbocycles. The number of carbonyl (C=O) groups excluding carboxylic acids is 1. The molecule has 0 radical (unpaired) electrons. The average molecular weight is 260 g/mol. The summed E-state index contributed by atoms with van der Waals surface area (Å²) in [6.45, 7) is 3.82. The Kier molecular flexibility index (Phi) is 3.29. The van der Waals surface area contributed by atoms with Gasteiger partial charge in [-0.3, -0.25) is 4.79 Å². The normalized spacial score (nSPS) is 27.3. The van der Waals surface area contributed by atoms with Crippen LogP contribution in [0.2, 0.25) is 0 Å². The van der Waals surface area contributed by atoms with Crippen LogP contribution in [-0.2, 0) is 16.0 Å². The number of benzene rings is 1. The Morgan fingerprint density at radius 1 is 1.37 bits per heavy atom. The number of hydrogen-bond donors (Lipinski definition) is 1. The van der Waals surface area contributed by atoms with Gasteiger partial charge in [0.25, 0.3) is 0 Å². The number of aryl methyl sites for hydroxylation is 1. The molecule has 19 heavy (non-hydrogen) atoms. The molecule has 0 aromatic heterocycles. The average Bonchev–Trinajstić information content (AvgIpc) is 2.43. The van der Waals surface area contributed by atoms with Crippen molar-refractivity contribution in [1.29, 1.82) is 0 Å². The van der Waals surface area contributed by atoms with Crippen molar-refractivity contribution in [3.05, 3.63) is 29.3 Å². The second-order valence-corrected chi connectivity index (χ2v) is 5.38. The Balaban J connectivity index is 1.91. The number of fused-ring (bicyclic) bond motifs is 1. The summed E-state index contributed by atoms with van der Waals surface area (Å²) in [7, 11) is 1.85. The molecule has 3 rings (SSSR count). The Morgan fingerprint density at radius 2 is 2.21 bits per heavy atom. The monoisotopic (exact) mass is 260 g/mol. The maximum Gasteiger partial charge on any atom is 0.227 e. The smallest absolute Gasteiger partial charge is 0.227 e. The standard InChI is InChI=1S/C15H20N2O2/c1-10-15(19-8-7-16-10)12-3-5-13-11(9-12)4-6-14(18)17(13)2/h3,5,9-10,15-16H,4,6-8H2,1-2H3. The maximum absolute atomic E-state index is 11.7. The lowest BCUT2D eigenvalue weighted by molar-refractivity contribution is -0.118. The fourth-order valence-electron chi connectivity index (χ4n) is 2.96. The second-order valence-electron chi connectivity index (χ2n) is 5.38. The predicted molar refractivity (Wildman–Crippen MR) is 74.3 cm³/mol. The van der Waals surface area contributed by atoms with E-state index in [1.54, 1.807) is 4.90 Å². The molecule has 1 N–H and O–H groups in total. The molecule has 1 aromatic rings. The first kappa shape index (κ1) is 12.6. The van der Waals surface area contributed by atoms with Gasteiger partial charge in [0.15, 0.2) is 0 Å². The number of nitrogens with zero attached hydrogens (tertiary/aromatic N) is 1. The predicted octanol–water partition coefficient (Wildman–Crippen LogP) is 1.65. The summed E-state index contributed by atoms with van der Waals surface area (Å²) in [5.41, 5.74) is 3.50. The van der Waals surface area contributed by atoms with Crippen molar-refractivity contribution >= 4 is 11.6 Å². The highest BCUT2D eigenvalue weighted by molar-refractivity contribution is 5.95. The maximum atomic E-state index is 11.7. The Hall–Kier alpha value is -1.39. The highest BCUT2D eigenvalue weighted by Crippen LogP contribution is 2.32. The molecule has 1 amide bonds. The van der Waals surface area contributed by atoms with Crippen LogP contribution in [0.1, 0.15) is 30.6 Å². The van der Waals surface area contributed by atoms with Gasteiger partial charge < -0.3 is 15.0 Å².